The minimum Gasteiger partial charge on any atom is -0.496 e. The van der Waals surface area contributed by atoms with Gasteiger partial charge >= 0.3 is 0 Å². The van der Waals surface area contributed by atoms with Gasteiger partial charge in [-0.2, -0.15) is 0 Å². The summed E-state index contributed by atoms with van der Waals surface area (Å²) < 4.78 is 5.41. The van der Waals surface area contributed by atoms with Crippen molar-refractivity contribution in [2.45, 2.75) is 43.2 Å². The molecule has 2 atom stereocenters. The first-order valence-electron chi connectivity index (χ1n) is 7.39. The number of rotatable bonds is 6. The SMILES string of the molecule is COc1cc(CN[C@H]2CCCC[C@@H]2C(N)=O)ccc1SC. The van der Waals surface area contributed by atoms with Gasteiger partial charge in [-0.1, -0.05) is 18.9 Å². The molecule has 2 rings (SSSR count). The van der Waals surface area contributed by atoms with Crippen molar-refractivity contribution in [3.63, 3.8) is 0 Å². The summed E-state index contributed by atoms with van der Waals surface area (Å²) in [7, 11) is 1.69. The summed E-state index contributed by atoms with van der Waals surface area (Å²) >= 11 is 1.67. The van der Waals surface area contributed by atoms with Gasteiger partial charge in [0.05, 0.1) is 13.0 Å². The van der Waals surface area contributed by atoms with Gasteiger partial charge in [0.25, 0.3) is 0 Å². The number of methoxy groups -OCH3 is 1. The third kappa shape index (κ3) is 4.14. The maximum absolute atomic E-state index is 11.5. The zero-order valence-electron chi connectivity index (χ0n) is 12.7. The van der Waals surface area contributed by atoms with Crippen LogP contribution in [-0.4, -0.2) is 25.3 Å². The van der Waals surface area contributed by atoms with E-state index in [1.165, 1.54) is 5.56 Å². The predicted molar refractivity (Wildman–Crippen MR) is 86.6 cm³/mol. The molecule has 0 aromatic heterocycles. The summed E-state index contributed by atoms with van der Waals surface area (Å²) in [4.78, 5) is 12.7. The lowest BCUT2D eigenvalue weighted by Gasteiger charge is -2.30. The summed E-state index contributed by atoms with van der Waals surface area (Å²) in [6.45, 7) is 0.736. The molecule has 0 aliphatic heterocycles. The highest BCUT2D eigenvalue weighted by Gasteiger charge is 2.28. The molecule has 3 N–H and O–H groups in total. The molecule has 1 amide bonds. The fraction of sp³-hybridized carbons (Fsp3) is 0.562. The van der Waals surface area contributed by atoms with Gasteiger partial charge in [0.1, 0.15) is 5.75 Å². The van der Waals surface area contributed by atoms with Crippen LogP contribution in [-0.2, 0) is 11.3 Å². The Labute approximate surface area is 130 Å². The van der Waals surface area contributed by atoms with Crippen molar-refractivity contribution in [1.29, 1.82) is 0 Å². The molecule has 1 aromatic rings. The molecule has 1 aliphatic rings. The predicted octanol–water partition coefficient (Wildman–Crippen LogP) is 2.55. The molecule has 5 heteroatoms. The van der Waals surface area contributed by atoms with E-state index in [-0.39, 0.29) is 17.9 Å². The number of carbonyl (C=O) groups excluding carboxylic acids is 1. The van der Waals surface area contributed by atoms with Crippen LogP contribution in [0.3, 0.4) is 0 Å². The molecule has 4 nitrogen and oxygen atoms in total. The van der Waals surface area contributed by atoms with Crippen LogP contribution >= 0.6 is 11.8 Å². The lowest BCUT2D eigenvalue weighted by molar-refractivity contribution is -0.123. The molecule has 1 aliphatic carbocycles. The van der Waals surface area contributed by atoms with Crippen LogP contribution in [0.4, 0.5) is 0 Å². The van der Waals surface area contributed by atoms with Crippen molar-refractivity contribution >= 4 is 17.7 Å². The van der Waals surface area contributed by atoms with E-state index in [2.05, 4.69) is 23.5 Å². The third-order valence-electron chi connectivity index (χ3n) is 4.15. The third-order valence-corrected chi connectivity index (χ3v) is 4.92. The minimum atomic E-state index is -0.178. The average Bonchev–Trinajstić information content (AvgIpc) is 2.52. The summed E-state index contributed by atoms with van der Waals surface area (Å²) in [6, 6.07) is 6.43. The molecule has 0 radical (unpaired) electrons. The Morgan fingerprint density at radius 2 is 2.19 bits per heavy atom. The number of nitrogens with two attached hydrogens (primary N) is 1. The molecule has 116 valence electrons. The number of ether oxygens (including phenoxy) is 1. The van der Waals surface area contributed by atoms with Gasteiger partial charge in [0.15, 0.2) is 0 Å². The quantitative estimate of drug-likeness (QED) is 0.793. The van der Waals surface area contributed by atoms with E-state index in [1.54, 1.807) is 18.9 Å². The van der Waals surface area contributed by atoms with Crippen LogP contribution in [0, 0.1) is 5.92 Å². The Morgan fingerprint density at radius 1 is 1.43 bits per heavy atom. The second-order valence-corrected chi connectivity index (χ2v) is 6.32. The molecule has 1 fully saturated rings. The van der Waals surface area contributed by atoms with E-state index in [9.17, 15) is 4.79 Å². The number of thioether (sulfide) groups is 1. The van der Waals surface area contributed by atoms with E-state index in [1.807, 2.05) is 6.26 Å². The van der Waals surface area contributed by atoms with Crippen LogP contribution in [0.5, 0.6) is 5.75 Å². The zero-order chi connectivity index (χ0) is 15.2. The van der Waals surface area contributed by atoms with Gasteiger partial charge in [0.2, 0.25) is 5.91 Å². The van der Waals surface area contributed by atoms with E-state index in [0.717, 1.165) is 42.9 Å². The molecule has 0 heterocycles. The first-order valence-corrected chi connectivity index (χ1v) is 8.61. The van der Waals surface area contributed by atoms with Crippen LogP contribution in [0.2, 0.25) is 0 Å². The number of hydrogen-bond donors (Lipinski definition) is 2. The lowest BCUT2D eigenvalue weighted by atomic mass is 9.84. The molecular formula is C16H24N2O2S. The van der Waals surface area contributed by atoms with Crippen LogP contribution in [0.15, 0.2) is 23.1 Å². The Kier molecular flexibility index (Phi) is 5.94. The van der Waals surface area contributed by atoms with Gasteiger partial charge in [-0.15, -0.1) is 11.8 Å². The molecule has 0 bridgehead atoms. The number of carbonyl (C=O) groups is 1. The highest BCUT2D eigenvalue weighted by molar-refractivity contribution is 7.98. The maximum atomic E-state index is 11.5. The average molecular weight is 308 g/mol. The number of amides is 1. The van der Waals surface area contributed by atoms with Gasteiger partial charge in [0, 0.05) is 17.5 Å². The summed E-state index contributed by atoms with van der Waals surface area (Å²) in [5, 5.41) is 3.49. The topological polar surface area (TPSA) is 64.3 Å². The monoisotopic (exact) mass is 308 g/mol. The van der Waals surface area contributed by atoms with Crippen LogP contribution < -0.4 is 15.8 Å². The van der Waals surface area contributed by atoms with Crippen molar-refractivity contribution in [2.24, 2.45) is 11.7 Å². The fourth-order valence-corrected chi connectivity index (χ4v) is 3.50. The van der Waals surface area contributed by atoms with Gasteiger partial charge in [-0.05, 0) is 36.8 Å². The standard InChI is InChI=1S/C16H24N2O2S/c1-20-14-9-11(7-8-15(14)21-2)10-18-13-6-4-3-5-12(13)16(17)19/h7-9,12-13,18H,3-6,10H2,1-2H3,(H2,17,19)/t12-,13-/m0/s1. The minimum absolute atomic E-state index is 0.0360. The molecule has 0 saturated heterocycles. The van der Waals surface area contributed by atoms with Crippen molar-refractivity contribution in [2.75, 3.05) is 13.4 Å². The Bertz CT molecular complexity index is 493. The molecule has 21 heavy (non-hydrogen) atoms. The summed E-state index contributed by atoms with van der Waals surface area (Å²) in [5.74, 6) is 0.686. The van der Waals surface area contributed by atoms with Crippen LogP contribution in [0.25, 0.3) is 0 Å². The second kappa shape index (κ2) is 7.71. The highest BCUT2D eigenvalue weighted by Crippen LogP contribution is 2.29. The van der Waals surface area contributed by atoms with Gasteiger partial charge in [-0.25, -0.2) is 0 Å². The molecular weight excluding hydrogens is 284 g/mol. The largest absolute Gasteiger partial charge is 0.496 e. The molecule has 1 saturated carbocycles. The number of primary amides is 1. The summed E-state index contributed by atoms with van der Waals surface area (Å²) in [5.41, 5.74) is 6.67. The Morgan fingerprint density at radius 3 is 2.86 bits per heavy atom. The van der Waals surface area contributed by atoms with Crippen molar-refractivity contribution in [3.8, 4) is 5.75 Å². The lowest BCUT2D eigenvalue weighted by Crippen LogP contribution is -2.44. The van der Waals surface area contributed by atoms with E-state index in [0.29, 0.717) is 0 Å². The number of nitrogens with one attached hydrogen (secondary N) is 1. The van der Waals surface area contributed by atoms with E-state index >= 15 is 0 Å². The molecule has 1 aromatic carbocycles. The van der Waals surface area contributed by atoms with Gasteiger partial charge in [-0.3, -0.25) is 4.79 Å². The van der Waals surface area contributed by atoms with Crippen molar-refractivity contribution in [3.05, 3.63) is 23.8 Å². The van der Waals surface area contributed by atoms with Gasteiger partial charge < -0.3 is 15.8 Å². The van der Waals surface area contributed by atoms with Crippen molar-refractivity contribution in [1.82, 2.24) is 5.32 Å². The first-order chi connectivity index (χ1) is 10.2. The first kappa shape index (κ1) is 16.2. The number of benzene rings is 1. The Hall–Kier alpha value is -1.20. The maximum Gasteiger partial charge on any atom is 0.222 e. The van der Waals surface area contributed by atoms with E-state index in [4.69, 9.17) is 10.5 Å². The molecule has 0 spiro atoms. The number of hydrogen-bond acceptors (Lipinski definition) is 4. The highest BCUT2D eigenvalue weighted by atomic mass is 32.2. The normalized spacial score (nSPS) is 22.0. The molecule has 0 unspecified atom stereocenters. The Balaban J connectivity index is 2.00. The summed E-state index contributed by atoms with van der Waals surface area (Å²) in [6.07, 6.45) is 6.23. The van der Waals surface area contributed by atoms with Crippen molar-refractivity contribution < 1.29 is 9.53 Å². The smallest absolute Gasteiger partial charge is 0.222 e. The zero-order valence-corrected chi connectivity index (χ0v) is 13.5. The van der Waals surface area contributed by atoms with Crippen LogP contribution in [0.1, 0.15) is 31.2 Å². The fourth-order valence-electron chi connectivity index (χ4n) is 2.96. The van der Waals surface area contributed by atoms with E-state index < -0.39 is 0 Å². The second-order valence-electron chi connectivity index (χ2n) is 5.47.